The molecule has 4 nitrogen and oxygen atoms in total. The summed E-state index contributed by atoms with van der Waals surface area (Å²) < 4.78 is 5.53. The lowest BCUT2D eigenvalue weighted by Gasteiger charge is -2.10. The molecule has 114 valence electrons. The monoisotopic (exact) mass is 300 g/mol. The second kappa shape index (κ2) is 10.5. The summed E-state index contributed by atoms with van der Waals surface area (Å²) in [7, 11) is 0. The number of hydrogen-bond donors (Lipinski definition) is 2. The summed E-state index contributed by atoms with van der Waals surface area (Å²) in [4.78, 5) is 11.6. The van der Waals surface area contributed by atoms with E-state index in [0.29, 0.717) is 6.54 Å². The van der Waals surface area contributed by atoms with E-state index in [-0.39, 0.29) is 24.9 Å². The van der Waals surface area contributed by atoms with Gasteiger partial charge in [-0.1, -0.05) is 19.1 Å². The minimum atomic E-state index is -0.0841. The first-order valence-electron chi connectivity index (χ1n) is 6.81. The fourth-order valence-corrected chi connectivity index (χ4v) is 1.65. The van der Waals surface area contributed by atoms with Gasteiger partial charge in [0, 0.05) is 13.1 Å². The van der Waals surface area contributed by atoms with Crippen molar-refractivity contribution in [3.63, 3.8) is 0 Å². The summed E-state index contributed by atoms with van der Waals surface area (Å²) in [6.07, 6.45) is 1.10. The summed E-state index contributed by atoms with van der Waals surface area (Å²) in [5.74, 6) is 0.693. The zero-order valence-corrected chi connectivity index (χ0v) is 13.3. The van der Waals surface area contributed by atoms with Crippen LogP contribution in [0.4, 0.5) is 0 Å². The van der Waals surface area contributed by atoms with Gasteiger partial charge in [-0.15, -0.1) is 12.4 Å². The van der Waals surface area contributed by atoms with Crippen LogP contribution < -0.4 is 15.4 Å². The van der Waals surface area contributed by atoms with Gasteiger partial charge in [-0.05, 0) is 44.0 Å². The predicted octanol–water partition coefficient (Wildman–Crippen LogP) is 2.22. The standard InChI is InChI=1S/C15H24N2O2.ClH/c1-4-7-16-8-9-17-15(18)11-19-14-10-12(2)5-6-13(14)3;/h5-6,10,16H,4,7-9,11H2,1-3H3,(H,17,18);1H. The van der Waals surface area contributed by atoms with Gasteiger partial charge < -0.3 is 15.4 Å². The first-order chi connectivity index (χ1) is 9.13. The summed E-state index contributed by atoms with van der Waals surface area (Å²) in [5.41, 5.74) is 2.17. The molecule has 0 unspecified atom stereocenters. The maximum absolute atomic E-state index is 11.6. The highest BCUT2D eigenvalue weighted by molar-refractivity contribution is 5.85. The maximum Gasteiger partial charge on any atom is 0.257 e. The van der Waals surface area contributed by atoms with Gasteiger partial charge in [-0.3, -0.25) is 4.79 Å². The lowest BCUT2D eigenvalue weighted by Crippen LogP contribution is -2.35. The zero-order valence-electron chi connectivity index (χ0n) is 12.5. The van der Waals surface area contributed by atoms with Crippen LogP contribution in [0.5, 0.6) is 5.75 Å². The molecule has 0 radical (unpaired) electrons. The van der Waals surface area contributed by atoms with Gasteiger partial charge in [0.05, 0.1) is 0 Å². The van der Waals surface area contributed by atoms with Crippen molar-refractivity contribution in [2.24, 2.45) is 0 Å². The van der Waals surface area contributed by atoms with Crippen LogP contribution in [0.25, 0.3) is 0 Å². The predicted molar refractivity (Wildman–Crippen MR) is 84.8 cm³/mol. The van der Waals surface area contributed by atoms with Gasteiger partial charge in [0.2, 0.25) is 0 Å². The second-order valence-electron chi connectivity index (χ2n) is 4.66. The first kappa shape index (κ1) is 18.7. The molecule has 0 aliphatic rings. The van der Waals surface area contributed by atoms with Crippen molar-refractivity contribution in [1.29, 1.82) is 0 Å². The van der Waals surface area contributed by atoms with Crippen LogP contribution in [0.3, 0.4) is 0 Å². The van der Waals surface area contributed by atoms with E-state index < -0.39 is 0 Å². The molecule has 0 aliphatic heterocycles. The number of halogens is 1. The van der Waals surface area contributed by atoms with Crippen LogP contribution in [-0.2, 0) is 4.79 Å². The number of nitrogens with one attached hydrogen (secondary N) is 2. The number of carbonyl (C=O) groups excluding carboxylic acids is 1. The molecule has 20 heavy (non-hydrogen) atoms. The summed E-state index contributed by atoms with van der Waals surface area (Å²) >= 11 is 0. The molecule has 0 saturated heterocycles. The Morgan fingerprint density at radius 3 is 2.65 bits per heavy atom. The third-order valence-corrected chi connectivity index (χ3v) is 2.75. The second-order valence-corrected chi connectivity index (χ2v) is 4.66. The molecule has 5 heteroatoms. The summed E-state index contributed by atoms with van der Waals surface area (Å²) in [6.45, 7) is 8.57. The summed E-state index contributed by atoms with van der Waals surface area (Å²) in [6, 6.07) is 5.98. The molecule has 0 spiro atoms. The van der Waals surface area contributed by atoms with Crippen molar-refractivity contribution in [2.75, 3.05) is 26.2 Å². The van der Waals surface area contributed by atoms with E-state index in [1.807, 2.05) is 32.0 Å². The maximum atomic E-state index is 11.6. The van der Waals surface area contributed by atoms with Crippen molar-refractivity contribution in [2.45, 2.75) is 27.2 Å². The average Bonchev–Trinajstić information content (AvgIpc) is 2.39. The molecule has 1 amide bonds. The van der Waals surface area contributed by atoms with Gasteiger partial charge in [0.1, 0.15) is 5.75 Å². The number of benzene rings is 1. The molecular weight excluding hydrogens is 276 g/mol. The van der Waals surface area contributed by atoms with E-state index >= 15 is 0 Å². The summed E-state index contributed by atoms with van der Waals surface area (Å²) in [5, 5.41) is 6.04. The molecule has 0 aliphatic carbocycles. The normalized spacial score (nSPS) is 9.75. The third-order valence-electron chi connectivity index (χ3n) is 2.75. The minimum absolute atomic E-state index is 0. The van der Waals surface area contributed by atoms with Crippen LogP contribution in [0, 0.1) is 13.8 Å². The fraction of sp³-hybridized carbons (Fsp3) is 0.533. The van der Waals surface area contributed by atoms with E-state index in [9.17, 15) is 4.79 Å². The van der Waals surface area contributed by atoms with Crippen molar-refractivity contribution < 1.29 is 9.53 Å². The molecule has 0 bridgehead atoms. The van der Waals surface area contributed by atoms with Gasteiger partial charge in [-0.2, -0.15) is 0 Å². The molecule has 0 fully saturated rings. The van der Waals surface area contributed by atoms with E-state index in [0.717, 1.165) is 36.4 Å². The lowest BCUT2D eigenvalue weighted by atomic mass is 10.1. The van der Waals surface area contributed by atoms with Crippen LogP contribution in [0.1, 0.15) is 24.5 Å². The number of carbonyl (C=O) groups is 1. The number of rotatable bonds is 8. The molecule has 1 aromatic carbocycles. The number of amides is 1. The molecule has 0 aromatic heterocycles. The molecule has 0 saturated carbocycles. The van der Waals surface area contributed by atoms with Crippen LogP contribution in [0.15, 0.2) is 18.2 Å². The van der Waals surface area contributed by atoms with E-state index in [1.54, 1.807) is 0 Å². The SMILES string of the molecule is CCCNCCNC(=O)COc1cc(C)ccc1C.Cl. The quantitative estimate of drug-likeness (QED) is 0.724. The lowest BCUT2D eigenvalue weighted by molar-refractivity contribution is -0.123. The van der Waals surface area contributed by atoms with Gasteiger partial charge in [0.15, 0.2) is 6.61 Å². The molecule has 0 atom stereocenters. The highest BCUT2D eigenvalue weighted by Crippen LogP contribution is 2.18. The van der Waals surface area contributed by atoms with Crippen molar-refractivity contribution in [3.05, 3.63) is 29.3 Å². The zero-order chi connectivity index (χ0) is 14.1. The highest BCUT2D eigenvalue weighted by Gasteiger charge is 2.04. The number of hydrogen-bond acceptors (Lipinski definition) is 3. The van der Waals surface area contributed by atoms with Crippen LogP contribution in [-0.4, -0.2) is 32.1 Å². The Morgan fingerprint density at radius 1 is 1.20 bits per heavy atom. The van der Waals surface area contributed by atoms with Gasteiger partial charge in [-0.25, -0.2) is 0 Å². The molecule has 1 rings (SSSR count). The Bertz CT molecular complexity index is 411. The third kappa shape index (κ3) is 7.36. The Kier molecular flexibility index (Phi) is 9.86. The topological polar surface area (TPSA) is 50.4 Å². The Balaban J connectivity index is 0.00000361. The largest absolute Gasteiger partial charge is 0.483 e. The molecule has 0 heterocycles. The van der Waals surface area contributed by atoms with E-state index in [4.69, 9.17) is 4.74 Å². The number of aryl methyl sites for hydroxylation is 2. The Labute approximate surface area is 127 Å². The molecule has 2 N–H and O–H groups in total. The van der Waals surface area contributed by atoms with Crippen molar-refractivity contribution in [3.8, 4) is 5.75 Å². The Hall–Kier alpha value is -1.26. The van der Waals surface area contributed by atoms with E-state index in [2.05, 4.69) is 17.6 Å². The van der Waals surface area contributed by atoms with Gasteiger partial charge in [0.25, 0.3) is 5.91 Å². The number of ether oxygens (including phenoxy) is 1. The molecular formula is C15H25ClN2O2. The smallest absolute Gasteiger partial charge is 0.257 e. The van der Waals surface area contributed by atoms with Crippen LogP contribution in [0.2, 0.25) is 0 Å². The molecule has 1 aromatic rings. The average molecular weight is 301 g/mol. The fourth-order valence-electron chi connectivity index (χ4n) is 1.65. The van der Waals surface area contributed by atoms with Gasteiger partial charge >= 0.3 is 0 Å². The highest BCUT2D eigenvalue weighted by atomic mass is 35.5. The van der Waals surface area contributed by atoms with Crippen LogP contribution >= 0.6 is 12.4 Å². The van der Waals surface area contributed by atoms with E-state index in [1.165, 1.54) is 0 Å². The van der Waals surface area contributed by atoms with Crippen molar-refractivity contribution >= 4 is 18.3 Å². The minimum Gasteiger partial charge on any atom is -0.483 e. The Morgan fingerprint density at radius 2 is 1.95 bits per heavy atom. The van der Waals surface area contributed by atoms with Crippen molar-refractivity contribution in [1.82, 2.24) is 10.6 Å². The first-order valence-corrected chi connectivity index (χ1v) is 6.81.